The molecule has 4 nitrogen and oxygen atoms in total. The Labute approximate surface area is 109 Å². The smallest absolute Gasteiger partial charge is 0.0547 e. The van der Waals surface area contributed by atoms with Gasteiger partial charge in [-0.15, -0.1) is 0 Å². The van der Waals surface area contributed by atoms with Crippen LogP contribution < -0.4 is 10.6 Å². The summed E-state index contributed by atoms with van der Waals surface area (Å²) in [7, 11) is 0. The van der Waals surface area contributed by atoms with E-state index in [1.54, 1.807) is 0 Å². The molecular weight excluding hydrogens is 226 g/mol. The van der Waals surface area contributed by atoms with Crippen LogP contribution in [-0.4, -0.2) is 29.3 Å². The van der Waals surface area contributed by atoms with E-state index in [1.165, 1.54) is 0 Å². The van der Waals surface area contributed by atoms with Gasteiger partial charge in [-0.25, -0.2) is 0 Å². The standard InChI is InChI=1S/C14H23N3O/c1-2-16-12-7-13(10-15-9-12)17-8-11-3-5-14(18)6-4-11/h7,9-11,14,16-18H,2-6,8H2,1H3. The number of aliphatic hydroxyl groups is 1. The summed E-state index contributed by atoms with van der Waals surface area (Å²) in [6, 6.07) is 2.09. The molecule has 4 heteroatoms. The monoisotopic (exact) mass is 249 g/mol. The summed E-state index contributed by atoms with van der Waals surface area (Å²) < 4.78 is 0. The van der Waals surface area contributed by atoms with Crippen molar-refractivity contribution in [3.05, 3.63) is 18.5 Å². The van der Waals surface area contributed by atoms with Crippen molar-refractivity contribution in [2.45, 2.75) is 38.7 Å². The molecule has 1 aromatic rings. The third-order valence-electron chi connectivity index (χ3n) is 3.53. The van der Waals surface area contributed by atoms with Crippen molar-refractivity contribution < 1.29 is 5.11 Å². The van der Waals surface area contributed by atoms with Gasteiger partial charge in [0, 0.05) is 13.1 Å². The van der Waals surface area contributed by atoms with Gasteiger partial charge in [0.25, 0.3) is 0 Å². The Kier molecular flexibility index (Phi) is 4.81. The van der Waals surface area contributed by atoms with Crippen molar-refractivity contribution in [3.63, 3.8) is 0 Å². The Balaban J connectivity index is 1.80. The fourth-order valence-electron chi connectivity index (χ4n) is 2.45. The van der Waals surface area contributed by atoms with Crippen LogP contribution in [0.3, 0.4) is 0 Å². The molecule has 0 amide bonds. The topological polar surface area (TPSA) is 57.2 Å². The number of hydrogen-bond acceptors (Lipinski definition) is 4. The lowest BCUT2D eigenvalue weighted by Gasteiger charge is -2.25. The molecule has 100 valence electrons. The Bertz CT molecular complexity index is 362. The molecule has 2 rings (SSSR count). The van der Waals surface area contributed by atoms with E-state index < -0.39 is 0 Å². The second-order valence-corrected chi connectivity index (χ2v) is 5.05. The van der Waals surface area contributed by atoms with E-state index in [0.29, 0.717) is 5.92 Å². The highest BCUT2D eigenvalue weighted by molar-refractivity contribution is 5.53. The van der Waals surface area contributed by atoms with E-state index in [4.69, 9.17) is 0 Å². The summed E-state index contributed by atoms with van der Waals surface area (Å²) in [6.45, 7) is 3.96. The Morgan fingerprint density at radius 2 is 1.83 bits per heavy atom. The molecule has 3 N–H and O–H groups in total. The van der Waals surface area contributed by atoms with Crippen LogP contribution in [0.5, 0.6) is 0 Å². The number of rotatable bonds is 5. The molecule has 0 radical (unpaired) electrons. The van der Waals surface area contributed by atoms with Gasteiger partial charge >= 0.3 is 0 Å². The van der Waals surface area contributed by atoms with Crippen LogP contribution in [0.1, 0.15) is 32.6 Å². The second-order valence-electron chi connectivity index (χ2n) is 5.05. The second kappa shape index (κ2) is 6.59. The van der Waals surface area contributed by atoms with E-state index in [0.717, 1.165) is 50.1 Å². The molecule has 1 saturated carbocycles. The van der Waals surface area contributed by atoms with Gasteiger partial charge in [-0.2, -0.15) is 0 Å². The molecule has 1 aliphatic rings. The number of pyridine rings is 1. The molecule has 0 unspecified atom stereocenters. The fraction of sp³-hybridized carbons (Fsp3) is 0.643. The van der Waals surface area contributed by atoms with Gasteiger partial charge in [0.1, 0.15) is 0 Å². The van der Waals surface area contributed by atoms with Gasteiger partial charge < -0.3 is 15.7 Å². The van der Waals surface area contributed by atoms with Gasteiger partial charge in [0.2, 0.25) is 0 Å². The van der Waals surface area contributed by atoms with Gasteiger partial charge in [0.05, 0.1) is 29.9 Å². The first-order chi connectivity index (χ1) is 8.78. The Morgan fingerprint density at radius 3 is 2.50 bits per heavy atom. The van der Waals surface area contributed by atoms with Crippen LogP contribution in [0.15, 0.2) is 18.5 Å². The highest BCUT2D eigenvalue weighted by Gasteiger charge is 2.18. The minimum absolute atomic E-state index is 0.0694. The lowest BCUT2D eigenvalue weighted by atomic mass is 9.87. The largest absolute Gasteiger partial charge is 0.393 e. The highest BCUT2D eigenvalue weighted by atomic mass is 16.3. The minimum atomic E-state index is -0.0694. The van der Waals surface area contributed by atoms with Gasteiger partial charge in [0.15, 0.2) is 0 Å². The third-order valence-corrected chi connectivity index (χ3v) is 3.53. The zero-order chi connectivity index (χ0) is 12.8. The van der Waals surface area contributed by atoms with E-state index in [-0.39, 0.29) is 6.10 Å². The number of aromatic nitrogens is 1. The predicted molar refractivity (Wildman–Crippen MR) is 74.9 cm³/mol. The van der Waals surface area contributed by atoms with Crippen molar-refractivity contribution in [2.24, 2.45) is 5.92 Å². The van der Waals surface area contributed by atoms with Crippen molar-refractivity contribution >= 4 is 11.4 Å². The maximum Gasteiger partial charge on any atom is 0.0547 e. The molecular formula is C14H23N3O. The average molecular weight is 249 g/mol. The molecule has 0 aliphatic heterocycles. The lowest BCUT2D eigenvalue weighted by molar-refractivity contribution is 0.111. The molecule has 0 bridgehead atoms. The SMILES string of the molecule is CCNc1cncc(NCC2CCC(O)CC2)c1. The maximum absolute atomic E-state index is 9.47. The van der Waals surface area contributed by atoms with Crippen LogP contribution in [0, 0.1) is 5.92 Å². The lowest BCUT2D eigenvalue weighted by Crippen LogP contribution is -2.23. The van der Waals surface area contributed by atoms with Crippen LogP contribution in [0.4, 0.5) is 11.4 Å². The minimum Gasteiger partial charge on any atom is -0.393 e. The molecule has 0 saturated heterocycles. The third kappa shape index (κ3) is 3.88. The summed E-state index contributed by atoms with van der Waals surface area (Å²) in [5.74, 6) is 0.677. The summed E-state index contributed by atoms with van der Waals surface area (Å²) in [4.78, 5) is 4.21. The Morgan fingerprint density at radius 1 is 1.17 bits per heavy atom. The van der Waals surface area contributed by atoms with E-state index in [9.17, 15) is 5.11 Å². The summed E-state index contributed by atoms with van der Waals surface area (Å²) >= 11 is 0. The molecule has 1 aliphatic carbocycles. The number of anilines is 2. The zero-order valence-corrected chi connectivity index (χ0v) is 11.0. The number of hydrogen-bond donors (Lipinski definition) is 3. The average Bonchev–Trinajstić information content (AvgIpc) is 2.39. The molecule has 0 spiro atoms. The van der Waals surface area contributed by atoms with Gasteiger partial charge in [-0.3, -0.25) is 4.98 Å². The maximum atomic E-state index is 9.47. The normalized spacial score (nSPS) is 23.7. The predicted octanol–water partition coefficient (Wildman–Crippen LogP) is 2.48. The van der Waals surface area contributed by atoms with E-state index in [1.807, 2.05) is 12.4 Å². The summed E-state index contributed by atoms with van der Waals surface area (Å²) in [5.41, 5.74) is 2.13. The van der Waals surface area contributed by atoms with Gasteiger partial charge in [-0.05, 0) is 44.6 Å². The molecule has 1 fully saturated rings. The number of aliphatic hydroxyl groups excluding tert-OH is 1. The molecule has 1 aromatic heterocycles. The van der Waals surface area contributed by atoms with Crippen LogP contribution in [-0.2, 0) is 0 Å². The molecule has 1 heterocycles. The molecule has 0 aromatic carbocycles. The first-order valence-electron chi connectivity index (χ1n) is 6.88. The molecule has 18 heavy (non-hydrogen) atoms. The summed E-state index contributed by atoms with van der Waals surface area (Å²) in [5, 5.41) is 16.2. The van der Waals surface area contributed by atoms with Crippen LogP contribution in [0.2, 0.25) is 0 Å². The van der Waals surface area contributed by atoms with Crippen molar-refractivity contribution in [3.8, 4) is 0 Å². The van der Waals surface area contributed by atoms with Crippen LogP contribution in [0.25, 0.3) is 0 Å². The highest BCUT2D eigenvalue weighted by Crippen LogP contribution is 2.24. The number of nitrogens with zero attached hydrogens (tertiary/aromatic N) is 1. The zero-order valence-electron chi connectivity index (χ0n) is 11.0. The van der Waals surface area contributed by atoms with Gasteiger partial charge in [-0.1, -0.05) is 0 Å². The van der Waals surface area contributed by atoms with E-state index >= 15 is 0 Å². The first kappa shape index (κ1) is 13.1. The summed E-state index contributed by atoms with van der Waals surface area (Å²) in [6.07, 6.45) is 7.76. The quantitative estimate of drug-likeness (QED) is 0.750. The molecule has 0 atom stereocenters. The van der Waals surface area contributed by atoms with E-state index in [2.05, 4.69) is 28.6 Å². The Hall–Kier alpha value is -1.29. The fourth-order valence-corrected chi connectivity index (χ4v) is 2.45. The first-order valence-corrected chi connectivity index (χ1v) is 6.88. The van der Waals surface area contributed by atoms with Crippen molar-refractivity contribution in [1.82, 2.24) is 4.98 Å². The van der Waals surface area contributed by atoms with Crippen molar-refractivity contribution in [2.75, 3.05) is 23.7 Å². The van der Waals surface area contributed by atoms with Crippen LogP contribution >= 0.6 is 0 Å². The number of nitrogens with one attached hydrogen (secondary N) is 2. The van der Waals surface area contributed by atoms with Crippen molar-refractivity contribution in [1.29, 1.82) is 0 Å².